The number of carboxylic acid groups (broad SMARTS) is 2. The molecule has 1 aromatic heterocycles. The van der Waals surface area contributed by atoms with Crippen LogP contribution in [0.4, 0.5) is 0 Å². The third kappa shape index (κ3) is 8.51. The molecule has 42 heavy (non-hydrogen) atoms. The number of ether oxygens (including phenoxy) is 1. The van der Waals surface area contributed by atoms with Gasteiger partial charge < -0.3 is 19.5 Å². The average Bonchev–Trinajstić information content (AvgIpc) is 3.38. The highest BCUT2D eigenvalue weighted by Gasteiger charge is 2.36. The lowest BCUT2D eigenvalue weighted by Crippen LogP contribution is -2.49. The number of nitrogens with zero attached hydrogens (tertiary/aromatic N) is 3. The molecule has 0 unspecified atom stereocenters. The van der Waals surface area contributed by atoms with Crippen LogP contribution in [0.2, 0.25) is 0 Å². The Morgan fingerprint density at radius 3 is 2.40 bits per heavy atom. The zero-order valence-corrected chi connectivity index (χ0v) is 24.2. The van der Waals surface area contributed by atoms with Crippen molar-refractivity contribution in [2.45, 2.75) is 42.7 Å². The van der Waals surface area contributed by atoms with Crippen LogP contribution in [-0.4, -0.2) is 77.3 Å². The first-order chi connectivity index (χ1) is 20.1. The Labute approximate surface area is 245 Å². The number of aryl methyl sites for hydroxylation is 2. The SMILES string of the molecule is Cn1cnc(S(=O)(=O)NCCOc2ccc3c(c2)[C@@H](Cc2ccccc2)[C@@H](N2CCC2)CC3)c1.O=C(O)/C=C/C(=O)O. The molecule has 12 heteroatoms. The zero-order valence-electron chi connectivity index (χ0n) is 23.4. The van der Waals surface area contributed by atoms with Gasteiger partial charge in [0.15, 0.2) is 5.03 Å². The van der Waals surface area contributed by atoms with E-state index < -0.39 is 22.0 Å². The summed E-state index contributed by atoms with van der Waals surface area (Å²) in [5.74, 6) is -1.30. The molecule has 0 saturated carbocycles. The highest BCUT2D eigenvalue weighted by Crippen LogP contribution is 2.40. The van der Waals surface area contributed by atoms with Crippen LogP contribution in [0.15, 0.2) is 78.2 Å². The Kier molecular flexibility index (Phi) is 10.5. The van der Waals surface area contributed by atoms with E-state index in [1.807, 2.05) is 6.07 Å². The Bertz CT molecular complexity index is 1480. The minimum absolute atomic E-state index is 0.0181. The predicted molar refractivity (Wildman–Crippen MR) is 156 cm³/mol. The van der Waals surface area contributed by atoms with E-state index in [4.69, 9.17) is 14.9 Å². The number of imidazole rings is 1. The normalized spacial score (nSPS) is 18.4. The summed E-state index contributed by atoms with van der Waals surface area (Å²) in [7, 11) is -1.89. The van der Waals surface area contributed by atoms with E-state index in [1.165, 1.54) is 55.1 Å². The van der Waals surface area contributed by atoms with Crippen LogP contribution in [0.5, 0.6) is 5.75 Å². The maximum Gasteiger partial charge on any atom is 0.328 e. The minimum atomic E-state index is -3.63. The minimum Gasteiger partial charge on any atom is -0.492 e. The van der Waals surface area contributed by atoms with Crippen LogP contribution >= 0.6 is 0 Å². The Morgan fingerprint density at radius 2 is 1.81 bits per heavy atom. The van der Waals surface area contributed by atoms with Crippen LogP contribution in [0.1, 0.15) is 35.4 Å². The molecule has 2 aliphatic rings. The number of hydrogen-bond donors (Lipinski definition) is 3. The van der Waals surface area contributed by atoms with Gasteiger partial charge in [-0.3, -0.25) is 4.90 Å². The van der Waals surface area contributed by atoms with E-state index in [9.17, 15) is 18.0 Å². The lowest BCUT2D eigenvalue weighted by atomic mass is 9.75. The monoisotopic (exact) mass is 596 g/mol. The van der Waals surface area contributed by atoms with Gasteiger partial charge in [0.1, 0.15) is 12.4 Å². The number of sulfonamides is 1. The molecule has 3 N–H and O–H groups in total. The standard InChI is InChI=1S/C26H32N4O3S.C4H4O4/c1-29-18-26(27-19-29)34(31,32)28-12-15-33-22-10-8-21-9-11-25(30-13-5-14-30)24(23(21)17-22)16-20-6-3-2-4-7-20;5-3(6)1-2-4(7)8/h2-4,6-8,10,17-19,24-25,28H,5,9,11-16H2,1H3;1-2H,(H,5,6)(H,7,8)/b;2-1+/t24-,25+;/m1./s1. The number of nitrogens with one attached hydrogen (secondary N) is 1. The molecule has 1 aliphatic carbocycles. The first-order valence-electron chi connectivity index (χ1n) is 13.8. The summed E-state index contributed by atoms with van der Waals surface area (Å²) >= 11 is 0. The molecule has 1 aliphatic heterocycles. The summed E-state index contributed by atoms with van der Waals surface area (Å²) in [6, 6.07) is 17.7. The van der Waals surface area contributed by atoms with E-state index in [0.29, 0.717) is 24.1 Å². The zero-order chi connectivity index (χ0) is 30.1. The van der Waals surface area contributed by atoms with Crippen LogP contribution in [0.3, 0.4) is 0 Å². The predicted octanol–water partition coefficient (Wildman–Crippen LogP) is 2.84. The number of carboxylic acids is 2. The molecule has 224 valence electrons. The van der Waals surface area contributed by atoms with Gasteiger partial charge in [0.2, 0.25) is 0 Å². The molecule has 0 bridgehead atoms. The summed E-state index contributed by atoms with van der Waals surface area (Å²) in [6.45, 7) is 2.82. The fraction of sp³-hybridized carbons (Fsp3) is 0.367. The van der Waals surface area contributed by atoms with Gasteiger partial charge in [-0.1, -0.05) is 36.4 Å². The maximum absolute atomic E-state index is 12.4. The quantitative estimate of drug-likeness (QED) is 0.224. The van der Waals surface area contributed by atoms with Crippen LogP contribution in [0, 0.1) is 0 Å². The highest BCUT2D eigenvalue weighted by molar-refractivity contribution is 7.89. The summed E-state index contributed by atoms with van der Waals surface area (Å²) in [4.78, 5) is 25.7. The lowest BCUT2D eigenvalue weighted by molar-refractivity contribution is -0.134. The first-order valence-corrected chi connectivity index (χ1v) is 15.3. The van der Waals surface area contributed by atoms with Crippen molar-refractivity contribution in [1.82, 2.24) is 19.2 Å². The molecule has 1 saturated heterocycles. The van der Waals surface area contributed by atoms with Crippen molar-refractivity contribution in [3.63, 3.8) is 0 Å². The Hall–Kier alpha value is -4.00. The molecule has 2 aromatic carbocycles. The highest BCUT2D eigenvalue weighted by atomic mass is 32.2. The van der Waals surface area contributed by atoms with E-state index in [-0.39, 0.29) is 18.2 Å². The second kappa shape index (κ2) is 14.3. The van der Waals surface area contributed by atoms with Crippen LogP contribution in [0.25, 0.3) is 0 Å². The third-order valence-electron chi connectivity index (χ3n) is 7.34. The summed E-state index contributed by atoms with van der Waals surface area (Å²) < 4.78 is 34.9. The number of benzene rings is 2. The molecular weight excluding hydrogens is 560 g/mol. The largest absolute Gasteiger partial charge is 0.492 e. The first kappa shape index (κ1) is 30.9. The summed E-state index contributed by atoms with van der Waals surface area (Å²) in [6.07, 6.45) is 8.66. The van der Waals surface area contributed by atoms with Crippen molar-refractivity contribution < 1.29 is 33.0 Å². The summed E-state index contributed by atoms with van der Waals surface area (Å²) in [5.41, 5.74) is 4.14. The van der Waals surface area contributed by atoms with Gasteiger partial charge in [0.05, 0.1) is 6.33 Å². The average molecular weight is 597 g/mol. The molecule has 2 heterocycles. The van der Waals surface area contributed by atoms with Crippen molar-refractivity contribution in [2.75, 3.05) is 26.2 Å². The van der Waals surface area contributed by atoms with Crippen LogP contribution < -0.4 is 9.46 Å². The molecule has 0 spiro atoms. The number of rotatable bonds is 11. The van der Waals surface area contributed by atoms with Crippen molar-refractivity contribution in [3.05, 3.63) is 89.9 Å². The molecule has 2 atom stereocenters. The van der Waals surface area contributed by atoms with Gasteiger partial charge in [-0.15, -0.1) is 0 Å². The molecule has 1 fully saturated rings. The Morgan fingerprint density at radius 1 is 1.10 bits per heavy atom. The van der Waals surface area contributed by atoms with Gasteiger partial charge >= 0.3 is 11.9 Å². The van der Waals surface area contributed by atoms with Gasteiger partial charge in [0, 0.05) is 43.9 Å². The molecule has 3 aromatic rings. The number of aromatic nitrogens is 2. The smallest absolute Gasteiger partial charge is 0.328 e. The number of likely N-dealkylation sites (tertiary alicyclic amines) is 1. The molecular formula is C30H36N4O7S. The Balaban J connectivity index is 0.000000446. The molecule has 0 amide bonds. The number of fused-ring (bicyclic) bond motifs is 1. The molecule has 11 nitrogen and oxygen atoms in total. The number of aliphatic carboxylic acids is 2. The van der Waals surface area contributed by atoms with Gasteiger partial charge in [-0.25, -0.2) is 27.7 Å². The van der Waals surface area contributed by atoms with Crippen LogP contribution in [-0.2, 0) is 39.5 Å². The van der Waals surface area contributed by atoms with Gasteiger partial charge in [-0.05, 0) is 67.6 Å². The van der Waals surface area contributed by atoms with E-state index >= 15 is 0 Å². The van der Waals surface area contributed by atoms with E-state index in [0.717, 1.165) is 18.6 Å². The molecule has 5 rings (SSSR count). The number of hydrogen-bond acceptors (Lipinski definition) is 7. The topological polar surface area (TPSA) is 151 Å². The van der Waals surface area contributed by atoms with Gasteiger partial charge in [-0.2, -0.15) is 0 Å². The fourth-order valence-corrected chi connectivity index (χ4v) is 6.25. The summed E-state index contributed by atoms with van der Waals surface area (Å²) in [5, 5.41) is 15.6. The van der Waals surface area contributed by atoms with E-state index in [2.05, 4.69) is 57.1 Å². The second-order valence-corrected chi connectivity index (χ2v) is 12.0. The van der Waals surface area contributed by atoms with Crippen molar-refractivity contribution in [2.24, 2.45) is 7.05 Å². The second-order valence-electron chi connectivity index (χ2n) is 10.3. The van der Waals surface area contributed by atoms with Crippen molar-refractivity contribution >= 4 is 22.0 Å². The lowest BCUT2D eigenvalue weighted by Gasteiger charge is -2.45. The third-order valence-corrected chi connectivity index (χ3v) is 8.68. The molecule has 0 radical (unpaired) electrons. The van der Waals surface area contributed by atoms with Gasteiger partial charge in [0.25, 0.3) is 10.0 Å². The van der Waals surface area contributed by atoms with Crippen molar-refractivity contribution in [3.8, 4) is 5.75 Å². The van der Waals surface area contributed by atoms with Crippen molar-refractivity contribution in [1.29, 1.82) is 0 Å². The fourth-order valence-electron chi connectivity index (χ4n) is 5.26. The maximum atomic E-state index is 12.4. The van der Waals surface area contributed by atoms with E-state index in [1.54, 1.807) is 11.6 Å². The number of carbonyl (C=O) groups is 2.